The van der Waals surface area contributed by atoms with Crippen LogP contribution < -0.4 is 5.32 Å². The fourth-order valence-corrected chi connectivity index (χ4v) is 3.04. The van der Waals surface area contributed by atoms with E-state index in [4.69, 9.17) is 4.99 Å². The molecule has 0 radical (unpaired) electrons. The molecule has 0 aliphatic carbocycles. The Kier molecular flexibility index (Phi) is 7.68. The van der Waals surface area contributed by atoms with Crippen molar-refractivity contribution in [3.8, 4) is 0 Å². The van der Waals surface area contributed by atoms with Gasteiger partial charge in [0.2, 0.25) is 0 Å². The van der Waals surface area contributed by atoms with Crippen molar-refractivity contribution in [1.29, 1.82) is 0 Å². The Hall–Kier alpha value is -1.63. The molecular formula is C20H27IN4. The monoisotopic (exact) mass is 450 g/mol. The van der Waals surface area contributed by atoms with E-state index < -0.39 is 0 Å². The molecule has 134 valence electrons. The lowest BCUT2D eigenvalue weighted by molar-refractivity contribution is 0.379. The van der Waals surface area contributed by atoms with Crippen LogP contribution in [0.4, 0.5) is 0 Å². The Morgan fingerprint density at radius 3 is 2.72 bits per heavy atom. The molecule has 1 aromatic heterocycles. The number of hydrogen-bond acceptors (Lipinski definition) is 2. The molecule has 0 saturated heterocycles. The maximum Gasteiger partial charge on any atom is 0.194 e. The van der Waals surface area contributed by atoms with Crippen molar-refractivity contribution in [1.82, 2.24) is 15.2 Å². The number of aromatic nitrogens is 1. The van der Waals surface area contributed by atoms with Crippen molar-refractivity contribution in [3.63, 3.8) is 0 Å². The zero-order valence-electron chi connectivity index (χ0n) is 15.0. The molecule has 0 fully saturated rings. The molecule has 3 rings (SSSR count). The van der Waals surface area contributed by atoms with Crippen molar-refractivity contribution in [2.24, 2.45) is 4.99 Å². The second kappa shape index (κ2) is 9.75. The highest BCUT2D eigenvalue weighted by Crippen LogP contribution is 2.18. The van der Waals surface area contributed by atoms with Gasteiger partial charge in [0.25, 0.3) is 0 Å². The van der Waals surface area contributed by atoms with Gasteiger partial charge in [0.1, 0.15) is 0 Å². The zero-order valence-corrected chi connectivity index (χ0v) is 17.4. The number of guanidine groups is 1. The molecule has 5 heteroatoms. The molecule has 2 aromatic rings. The topological polar surface area (TPSA) is 40.5 Å². The molecule has 0 amide bonds. The number of aryl methyl sites for hydroxylation is 1. The Morgan fingerprint density at radius 1 is 1.20 bits per heavy atom. The van der Waals surface area contributed by atoms with Crippen LogP contribution in [0.2, 0.25) is 0 Å². The van der Waals surface area contributed by atoms with E-state index in [9.17, 15) is 0 Å². The number of nitrogens with zero attached hydrogens (tertiary/aromatic N) is 3. The highest BCUT2D eigenvalue weighted by Gasteiger charge is 2.18. The van der Waals surface area contributed by atoms with E-state index in [0.717, 1.165) is 50.7 Å². The molecule has 2 heterocycles. The first-order valence-electron chi connectivity index (χ1n) is 8.78. The first kappa shape index (κ1) is 19.7. The third-order valence-corrected chi connectivity index (χ3v) is 4.40. The van der Waals surface area contributed by atoms with Crippen molar-refractivity contribution < 1.29 is 0 Å². The summed E-state index contributed by atoms with van der Waals surface area (Å²) in [6.07, 6.45) is 3.96. The fraction of sp³-hybridized carbons (Fsp3) is 0.400. The smallest absolute Gasteiger partial charge is 0.194 e. The van der Waals surface area contributed by atoms with E-state index in [0.29, 0.717) is 0 Å². The summed E-state index contributed by atoms with van der Waals surface area (Å²) in [6.45, 7) is 7.77. The van der Waals surface area contributed by atoms with Crippen molar-refractivity contribution >= 4 is 29.9 Å². The van der Waals surface area contributed by atoms with Gasteiger partial charge >= 0.3 is 0 Å². The molecule has 4 nitrogen and oxygen atoms in total. The lowest BCUT2D eigenvalue weighted by Crippen LogP contribution is -2.44. The third kappa shape index (κ3) is 5.42. The summed E-state index contributed by atoms with van der Waals surface area (Å²) in [4.78, 5) is 11.5. The van der Waals surface area contributed by atoms with Gasteiger partial charge in [-0.15, -0.1) is 24.0 Å². The van der Waals surface area contributed by atoms with E-state index in [1.165, 1.54) is 16.7 Å². The zero-order chi connectivity index (χ0) is 16.8. The molecule has 1 aliphatic heterocycles. The third-order valence-electron chi connectivity index (χ3n) is 4.40. The molecule has 1 aliphatic rings. The van der Waals surface area contributed by atoms with Gasteiger partial charge in [0.15, 0.2) is 5.96 Å². The van der Waals surface area contributed by atoms with Gasteiger partial charge in [-0.05, 0) is 49.4 Å². The molecule has 0 bridgehead atoms. The van der Waals surface area contributed by atoms with Gasteiger partial charge < -0.3 is 10.2 Å². The minimum Gasteiger partial charge on any atom is -0.357 e. The number of halogens is 1. The first-order chi connectivity index (χ1) is 11.8. The summed E-state index contributed by atoms with van der Waals surface area (Å²) in [7, 11) is 0. The molecule has 0 atom stereocenters. The van der Waals surface area contributed by atoms with Gasteiger partial charge in [0.05, 0.1) is 0 Å². The largest absolute Gasteiger partial charge is 0.357 e. The lowest BCUT2D eigenvalue weighted by Gasteiger charge is -2.31. The maximum absolute atomic E-state index is 4.83. The maximum atomic E-state index is 4.83. The van der Waals surface area contributed by atoms with Crippen LogP contribution in [-0.2, 0) is 19.4 Å². The molecule has 25 heavy (non-hydrogen) atoms. The fourth-order valence-electron chi connectivity index (χ4n) is 3.04. The average molecular weight is 450 g/mol. The van der Waals surface area contributed by atoms with Gasteiger partial charge in [-0.3, -0.25) is 9.98 Å². The molecule has 1 N–H and O–H groups in total. The van der Waals surface area contributed by atoms with E-state index in [2.05, 4.69) is 58.5 Å². The standard InChI is InChI=1S/C20H26N4.HI/c1-3-21-20(22-12-10-17-9-8-16(2)23-14-17)24-13-11-18-6-4-5-7-19(18)15-24;/h4-9,14H,3,10-13,15H2,1-2H3,(H,21,22);1H. The summed E-state index contributed by atoms with van der Waals surface area (Å²) < 4.78 is 0. The summed E-state index contributed by atoms with van der Waals surface area (Å²) in [5.74, 6) is 1.02. The van der Waals surface area contributed by atoms with Crippen LogP contribution in [0.15, 0.2) is 47.6 Å². The van der Waals surface area contributed by atoms with Crippen LogP contribution in [0.1, 0.15) is 29.3 Å². The Balaban J connectivity index is 0.00000225. The molecule has 0 unspecified atom stereocenters. The minimum atomic E-state index is 0. The second-order valence-corrected chi connectivity index (χ2v) is 6.23. The first-order valence-corrected chi connectivity index (χ1v) is 8.78. The quantitative estimate of drug-likeness (QED) is 0.440. The predicted molar refractivity (Wildman–Crippen MR) is 115 cm³/mol. The van der Waals surface area contributed by atoms with Gasteiger partial charge in [0, 0.05) is 38.1 Å². The average Bonchev–Trinajstić information content (AvgIpc) is 2.62. The number of fused-ring (bicyclic) bond motifs is 1. The Morgan fingerprint density at radius 2 is 2.00 bits per heavy atom. The Labute approximate surface area is 167 Å². The van der Waals surface area contributed by atoms with Crippen LogP contribution in [0.3, 0.4) is 0 Å². The second-order valence-electron chi connectivity index (χ2n) is 6.23. The van der Waals surface area contributed by atoms with Crippen LogP contribution in [-0.4, -0.2) is 35.5 Å². The highest BCUT2D eigenvalue weighted by molar-refractivity contribution is 14.0. The van der Waals surface area contributed by atoms with Gasteiger partial charge in [-0.2, -0.15) is 0 Å². The van der Waals surface area contributed by atoms with Crippen LogP contribution >= 0.6 is 24.0 Å². The summed E-state index contributed by atoms with van der Waals surface area (Å²) in [5.41, 5.74) is 5.18. The summed E-state index contributed by atoms with van der Waals surface area (Å²) >= 11 is 0. The lowest BCUT2D eigenvalue weighted by atomic mass is 10.0. The number of benzene rings is 1. The minimum absolute atomic E-state index is 0. The van der Waals surface area contributed by atoms with Gasteiger partial charge in [-0.25, -0.2) is 0 Å². The van der Waals surface area contributed by atoms with E-state index in [1.54, 1.807) is 0 Å². The molecule has 1 aromatic carbocycles. The molecule has 0 saturated carbocycles. The van der Waals surface area contributed by atoms with Crippen molar-refractivity contribution in [2.75, 3.05) is 19.6 Å². The van der Waals surface area contributed by atoms with Gasteiger partial charge in [-0.1, -0.05) is 30.3 Å². The number of rotatable bonds is 4. The van der Waals surface area contributed by atoms with E-state index >= 15 is 0 Å². The molecule has 0 spiro atoms. The van der Waals surface area contributed by atoms with Crippen LogP contribution in [0, 0.1) is 6.92 Å². The number of nitrogens with one attached hydrogen (secondary N) is 1. The van der Waals surface area contributed by atoms with Crippen molar-refractivity contribution in [3.05, 3.63) is 65.0 Å². The Bertz CT molecular complexity index is 697. The predicted octanol–water partition coefficient (Wildman–Crippen LogP) is 3.57. The highest BCUT2D eigenvalue weighted by atomic mass is 127. The van der Waals surface area contributed by atoms with Crippen LogP contribution in [0.25, 0.3) is 0 Å². The number of aliphatic imine (C=N–C) groups is 1. The normalized spacial score (nSPS) is 13.8. The number of pyridine rings is 1. The number of hydrogen-bond donors (Lipinski definition) is 1. The SMILES string of the molecule is CCNC(=NCCc1ccc(C)nc1)N1CCc2ccccc2C1.I. The molecular weight excluding hydrogens is 423 g/mol. The van der Waals surface area contributed by atoms with E-state index in [-0.39, 0.29) is 24.0 Å². The van der Waals surface area contributed by atoms with E-state index in [1.807, 2.05) is 13.1 Å². The summed E-state index contributed by atoms with van der Waals surface area (Å²) in [6, 6.07) is 12.9. The van der Waals surface area contributed by atoms with Crippen LogP contribution in [0.5, 0.6) is 0 Å². The van der Waals surface area contributed by atoms with Crippen molar-refractivity contribution in [2.45, 2.75) is 33.2 Å². The summed E-state index contributed by atoms with van der Waals surface area (Å²) in [5, 5.41) is 3.44.